The molecule has 9 heteroatoms. The summed E-state index contributed by atoms with van der Waals surface area (Å²) in [6.07, 6.45) is -0.520. The summed E-state index contributed by atoms with van der Waals surface area (Å²) in [6, 6.07) is 4.25. The summed E-state index contributed by atoms with van der Waals surface area (Å²) in [6.45, 7) is 0.262. The lowest BCUT2D eigenvalue weighted by molar-refractivity contribution is -0.0914. The van der Waals surface area contributed by atoms with Crippen LogP contribution in [0.2, 0.25) is 0 Å². The average molecular weight is 313 g/mol. The van der Waals surface area contributed by atoms with Crippen LogP contribution in [0.3, 0.4) is 0 Å². The van der Waals surface area contributed by atoms with Gasteiger partial charge >= 0.3 is 5.51 Å². The summed E-state index contributed by atoms with van der Waals surface area (Å²) in [5, 5.41) is 2.84. The minimum atomic E-state index is -5.31. The maximum atomic E-state index is 12.3. The SMILES string of the molecule is COC(CNc1ccc(S(=O)(=O)C(F)(F)F)cc1)OC. The predicted molar refractivity (Wildman–Crippen MR) is 66.0 cm³/mol. The zero-order valence-corrected chi connectivity index (χ0v) is 11.6. The Morgan fingerprint density at radius 3 is 2.05 bits per heavy atom. The molecule has 0 saturated heterocycles. The third-order valence-electron chi connectivity index (χ3n) is 2.47. The Morgan fingerprint density at radius 2 is 1.65 bits per heavy atom. The standard InChI is InChI=1S/C11H14F3NO4S/c1-18-10(19-2)7-15-8-3-5-9(6-4-8)20(16,17)11(12,13)14/h3-6,10,15H,7H2,1-2H3. The van der Waals surface area contributed by atoms with Gasteiger partial charge in [0, 0.05) is 19.9 Å². The lowest BCUT2D eigenvalue weighted by Gasteiger charge is -2.15. The molecule has 0 radical (unpaired) electrons. The van der Waals surface area contributed by atoms with Crippen molar-refractivity contribution in [3.05, 3.63) is 24.3 Å². The second-order valence-corrected chi connectivity index (χ2v) is 5.70. The number of anilines is 1. The molecule has 1 N–H and O–H groups in total. The van der Waals surface area contributed by atoms with E-state index in [0.29, 0.717) is 5.69 Å². The second-order valence-electron chi connectivity index (χ2n) is 3.76. The molecule has 0 unspecified atom stereocenters. The minimum absolute atomic E-state index is 0.262. The number of methoxy groups -OCH3 is 2. The van der Waals surface area contributed by atoms with E-state index in [-0.39, 0.29) is 6.54 Å². The van der Waals surface area contributed by atoms with Gasteiger partial charge in [-0.3, -0.25) is 0 Å². The number of halogens is 3. The lowest BCUT2D eigenvalue weighted by Crippen LogP contribution is -2.24. The Hall–Kier alpha value is -1.32. The van der Waals surface area contributed by atoms with Crippen molar-refractivity contribution in [3.63, 3.8) is 0 Å². The van der Waals surface area contributed by atoms with E-state index in [1.807, 2.05) is 0 Å². The third kappa shape index (κ3) is 3.84. The highest BCUT2D eigenvalue weighted by atomic mass is 32.2. The van der Waals surface area contributed by atoms with Crippen LogP contribution in [0.4, 0.5) is 18.9 Å². The summed E-state index contributed by atoms with van der Waals surface area (Å²) in [5.74, 6) is 0. The molecule has 0 heterocycles. The highest BCUT2D eigenvalue weighted by Gasteiger charge is 2.46. The van der Waals surface area contributed by atoms with Crippen molar-refractivity contribution in [3.8, 4) is 0 Å². The molecule has 0 fully saturated rings. The van der Waals surface area contributed by atoms with E-state index in [4.69, 9.17) is 9.47 Å². The molecule has 20 heavy (non-hydrogen) atoms. The number of benzene rings is 1. The monoisotopic (exact) mass is 313 g/mol. The van der Waals surface area contributed by atoms with Crippen molar-refractivity contribution in [2.45, 2.75) is 16.7 Å². The molecule has 114 valence electrons. The van der Waals surface area contributed by atoms with Gasteiger partial charge in [-0.15, -0.1) is 0 Å². The lowest BCUT2D eigenvalue weighted by atomic mass is 10.3. The molecule has 0 aliphatic rings. The molecule has 0 aromatic heterocycles. The highest BCUT2D eigenvalue weighted by molar-refractivity contribution is 7.92. The topological polar surface area (TPSA) is 64.6 Å². The molecule has 1 aromatic rings. The molecule has 0 saturated carbocycles. The number of ether oxygens (including phenoxy) is 2. The normalized spacial score (nSPS) is 12.7. The zero-order chi connectivity index (χ0) is 15.4. The second kappa shape index (κ2) is 6.42. The van der Waals surface area contributed by atoms with Crippen molar-refractivity contribution in [2.24, 2.45) is 0 Å². The molecular formula is C11H14F3NO4S. The van der Waals surface area contributed by atoms with Gasteiger partial charge in [0.1, 0.15) is 0 Å². The molecule has 1 aromatic carbocycles. The smallest absolute Gasteiger partial charge is 0.380 e. The molecule has 0 amide bonds. The number of rotatable bonds is 6. The largest absolute Gasteiger partial charge is 0.501 e. The first-order valence-corrected chi connectivity index (χ1v) is 6.91. The molecule has 0 aliphatic carbocycles. The van der Waals surface area contributed by atoms with E-state index in [2.05, 4.69) is 5.32 Å². The van der Waals surface area contributed by atoms with Crippen molar-refractivity contribution in [1.82, 2.24) is 0 Å². The van der Waals surface area contributed by atoms with Crippen LogP contribution < -0.4 is 5.32 Å². The molecular weight excluding hydrogens is 299 g/mol. The quantitative estimate of drug-likeness (QED) is 0.814. The fourth-order valence-corrected chi connectivity index (χ4v) is 2.11. The molecule has 0 atom stereocenters. The first-order chi connectivity index (χ1) is 9.22. The summed E-state index contributed by atoms with van der Waals surface area (Å²) in [4.78, 5) is -0.800. The molecule has 5 nitrogen and oxygen atoms in total. The van der Waals surface area contributed by atoms with Gasteiger partial charge < -0.3 is 14.8 Å². The Kier molecular flexibility index (Phi) is 5.37. The molecule has 1 rings (SSSR count). The summed E-state index contributed by atoms with van der Waals surface area (Å²) >= 11 is 0. The van der Waals surface area contributed by atoms with Crippen LogP contribution in [-0.2, 0) is 19.3 Å². The fraction of sp³-hybridized carbons (Fsp3) is 0.455. The van der Waals surface area contributed by atoms with Crippen molar-refractivity contribution in [2.75, 3.05) is 26.1 Å². The first-order valence-electron chi connectivity index (χ1n) is 5.43. The van der Waals surface area contributed by atoms with E-state index in [1.54, 1.807) is 0 Å². The number of sulfone groups is 1. The van der Waals surface area contributed by atoms with Crippen LogP contribution in [0.15, 0.2) is 29.2 Å². The van der Waals surface area contributed by atoms with Crippen molar-refractivity contribution in [1.29, 1.82) is 0 Å². The van der Waals surface area contributed by atoms with Crippen molar-refractivity contribution >= 4 is 15.5 Å². The zero-order valence-electron chi connectivity index (χ0n) is 10.8. The maximum absolute atomic E-state index is 12.3. The Bertz CT molecular complexity index is 524. The summed E-state index contributed by atoms with van der Waals surface area (Å²) in [5.41, 5.74) is -4.86. The average Bonchev–Trinajstić information content (AvgIpc) is 2.39. The Balaban J connectivity index is 2.80. The van der Waals surface area contributed by atoms with Crippen LogP contribution in [-0.4, -0.2) is 41.0 Å². The Labute approximate surface area is 114 Å². The third-order valence-corrected chi connectivity index (χ3v) is 3.97. The van der Waals surface area contributed by atoms with Gasteiger partial charge in [-0.05, 0) is 24.3 Å². The molecule has 0 bridgehead atoms. The van der Waals surface area contributed by atoms with E-state index in [0.717, 1.165) is 12.1 Å². The Morgan fingerprint density at radius 1 is 1.15 bits per heavy atom. The van der Waals surface area contributed by atoms with Crippen LogP contribution in [0.1, 0.15) is 0 Å². The van der Waals surface area contributed by atoms with Crippen LogP contribution in [0.25, 0.3) is 0 Å². The van der Waals surface area contributed by atoms with E-state index < -0.39 is 26.5 Å². The number of alkyl halides is 3. The van der Waals surface area contributed by atoms with Crippen LogP contribution >= 0.6 is 0 Å². The minimum Gasteiger partial charge on any atom is -0.380 e. The highest BCUT2D eigenvalue weighted by Crippen LogP contribution is 2.30. The number of hydrogen-bond acceptors (Lipinski definition) is 5. The summed E-state index contributed by atoms with van der Waals surface area (Å²) < 4.78 is 69.1. The van der Waals surface area contributed by atoms with Crippen LogP contribution in [0.5, 0.6) is 0 Å². The van der Waals surface area contributed by atoms with Gasteiger partial charge in [0.25, 0.3) is 9.84 Å². The van der Waals surface area contributed by atoms with E-state index in [1.165, 1.54) is 26.4 Å². The predicted octanol–water partition coefficient (Wildman–Crippen LogP) is 2.01. The number of nitrogens with one attached hydrogen (secondary N) is 1. The first kappa shape index (κ1) is 16.7. The number of hydrogen-bond donors (Lipinski definition) is 1. The van der Waals surface area contributed by atoms with Gasteiger partial charge in [-0.2, -0.15) is 13.2 Å². The van der Waals surface area contributed by atoms with Gasteiger partial charge in [0.15, 0.2) is 6.29 Å². The van der Waals surface area contributed by atoms with Crippen molar-refractivity contribution < 1.29 is 31.1 Å². The van der Waals surface area contributed by atoms with Gasteiger partial charge in [-0.25, -0.2) is 8.42 Å². The van der Waals surface area contributed by atoms with Gasteiger partial charge in [0.2, 0.25) is 0 Å². The maximum Gasteiger partial charge on any atom is 0.501 e. The van der Waals surface area contributed by atoms with Crippen LogP contribution in [0, 0.1) is 0 Å². The van der Waals surface area contributed by atoms with Gasteiger partial charge in [0.05, 0.1) is 11.4 Å². The van der Waals surface area contributed by atoms with E-state index in [9.17, 15) is 21.6 Å². The molecule has 0 aliphatic heterocycles. The van der Waals surface area contributed by atoms with Gasteiger partial charge in [-0.1, -0.05) is 0 Å². The molecule has 0 spiro atoms. The summed E-state index contributed by atoms with van der Waals surface area (Å²) in [7, 11) is -2.43. The fourth-order valence-electron chi connectivity index (χ4n) is 1.35. The van der Waals surface area contributed by atoms with E-state index >= 15 is 0 Å².